The highest BCUT2D eigenvalue weighted by molar-refractivity contribution is 7.94. The smallest absolute Gasteiger partial charge is 0.259 e. The Labute approximate surface area is 170 Å². The predicted molar refractivity (Wildman–Crippen MR) is 111 cm³/mol. The molecule has 1 aliphatic rings. The van der Waals surface area contributed by atoms with Crippen molar-refractivity contribution in [2.45, 2.75) is 13.0 Å². The number of carbonyl (C=O) groups is 1. The molecule has 1 aliphatic heterocycles. The van der Waals surface area contributed by atoms with Crippen molar-refractivity contribution in [3.63, 3.8) is 0 Å². The molecular formula is C21H23NO6S. The van der Waals surface area contributed by atoms with E-state index in [0.717, 1.165) is 11.0 Å². The van der Waals surface area contributed by atoms with Gasteiger partial charge in [-0.15, -0.1) is 0 Å². The van der Waals surface area contributed by atoms with Gasteiger partial charge in [0.2, 0.25) is 5.75 Å². The Morgan fingerprint density at radius 1 is 1.00 bits per heavy atom. The van der Waals surface area contributed by atoms with Crippen molar-refractivity contribution in [2.24, 2.45) is 0 Å². The van der Waals surface area contributed by atoms with Crippen LogP contribution >= 0.6 is 0 Å². The Morgan fingerprint density at radius 3 is 2.03 bits per heavy atom. The summed E-state index contributed by atoms with van der Waals surface area (Å²) in [6.07, 6.45) is 1.53. The third kappa shape index (κ3) is 4.22. The molecule has 8 heteroatoms. The summed E-state index contributed by atoms with van der Waals surface area (Å²) in [5.41, 5.74) is 1.92. The highest BCUT2D eigenvalue weighted by Gasteiger charge is 2.33. The van der Waals surface area contributed by atoms with Crippen LogP contribution in [0.15, 0.2) is 47.9 Å². The van der Waals surface area contributed by atoms with E-state index in [1.54, 1.807) is 24.3 Å². The number of anilines is 1. The average Bonchev–Trinajstić information content (AvgIpc) is 3.07. The summed E-state index contributed by atoms with van der Waals surface area (Å²) < 4.78 is 40.0. The molecule has 0 radical (unpaired) electrons. The molecule has 2 aromatic rings. The quantitative estimate of drug-likeness (QED) is 0.719. The molecule has 0 spiro atoms. The molecule has 0 fully saturated rings. The van der Waals surface area contributed by atoms with E-state index in [4.69, 9.17) is 14.2 Å². The second-order valence-electron chi connectivity index (χ2n) is 6.65. The molecule has 1 heterocycles. The lowest BCUT2D eigenvalue weighted by Crippen LogP contribution is -2.41. The van der Waals surface area contributed by atoms with Gasteiger partial charge in [0.15, 0.2) is 21.3 Å². The number of nitrogens with zero attached hydrogens (tertiary/aromatic N) is 1. The molecule has 1 amide bonds. The first-order valence-electron chi connectivity index (χ1n) is 8.91. The minimum atomic E-state index is -3.35. The Balaban J connectivity index is 2.10. The maximum atomic E-state index is 13.5. The van der Waals surface area contributed by atoms with Crippen LogP contribution < -0.4 is 19.1 Å². The highest BCUT2D eigenvalue weighted by Crippen LogP contribution is 2.39. The first kappa shape index (κ1) is 20.7. The van der Waals surface area contributed by atoms with E-state index < -0.39 is 15.9 Å². The number of sulfone groups is 1. The fraction of sp³-hybridized carbons (Fsp3) is 0.286. The van der Waals surface area contributed by atoms with Crippen molar-refractivity contribution in [3.05, 3.63) is 59.0 Å². The van der Waals surface area contributed by atoms with Crippen LogP contribution in [0.2, 0.25) is 0 Å². The zero-order chi connectivity index (χ0) is 21.2. The summed E-state index contributed by atoms with van der Waals surface area (Å²) in [6.45, 7) is 1.94. The monoisotopic (exact) mass is 417 g/mol. The molecule has 0 aliphatic carbocycles. The first-order valence-corrected chi connectivity index (χ1v) is 10.6. The van der Waals surface area contributed by atoms with Gasteiger partial charge < -0.3 is 19.1 Å². The molecule has 0 unspecified atom stereocenters. The second-order valence-corrected chi connectivity index (χ2v) is 8.58. The normalized spacial score (nSPS) is 17.0. The number of methoxy groups -OCH3 is 3. The van der Waals surface area contributed by atoms with Crippen LogP contribution in [0.4, 0.5) is 5.69 Å². The molecule has 0 bridgehead atoms. The van der Waals surface area contributed by atoms with E-state index in [-0.39, 0.29) is 17.2 Å². The Morgan fingerprint density at radius 2 is 1.59 bits per heavy atom. The van der Waals surface area contributed by atoms with Crippen molar-refractivity contribution in [1.82, 2.24) is 0 Å². The van der Waals surface area contributed by atoms with Gasteiger partial charge in [-0.2, -0.15) is 0 Å². The van der Waals surface area contributed by atoms with E-state index >= 15 is 0 Å². The maximum Gasteiger partial charge on any atom is 0.259 e. The van der Waals surface area contributed by atoms with Gasteiger partial charge in [-0.05, 0) is 37.3 Å². The molecule has 0 aromatic heterocycles. The lowest BCUT2D eigenvalue weighted by atomic mass is 10.1. The van der Waals surface area contributed by atoms with Crippen LogP contribution in [-0.2, 0) is 9.84 Å². The van der Waals surface area contributed by atoms with Crippen LogP contribution in [0.5, 0.6) is 17.2 Å². The van der Waals surface area contributed by atoms with Crippen LogP contribution in [0.3, 0.4) is 0 Å². The minimum Gasteiger partial charge on any atom is -0.493 e. The second kappa shape index (κ2) is 8.16. The van der Waals surface area contributed by atoms with Crippen molar-refractivity contribution in [2.75, 3.05) is 32.0 Å². The lowest BCUT2D eigenvalue weighted by molar-refractivity contribution is 0.0982. The lowest BCUT2D eigenvalue weighted by Gasteiger charge is -2.28. The van der Waals surface area contributed by atoms with Gasteiger partial charge in [-0.1, -0.05) is 17.7 Å². The summed E-state index contributed by atoms with van der Waals surface area (Å²) in [5.74, 6) is 0.510. The summed E-state index contributed by atoms with van der Waals surface area (Å²) in [4.78, 5) is 15.0. The third-order valence-corrected chi connectivity index (χ3v) is 6.06. The van der Waals surface area contributed by atoms with Crippen LogP contribution in [0, 0.1) is 6.92 Å². The summed E-state index contributed by atoms with van der Waals surface area (Å²) >= 11 is 0. The summed E-state index contributed by atoms with van der Waals surface area (Å²) in [7, 11) is 1.06. The fourth-order valence-corrected chi connectivity index (χ4v) is 4.50. The topological polar surface area (TPSA) is 82.1 Å². The van der Waals surface area contributed by atoms with Gasteiger partial charge in [0.1, 0.15) is 0 Å². The molecule has 1 atom stereocenters. The van der Waals surface area contributed by atoms with Crippen LogP contribution in [0.25, 0.3) is 0 Å². The van der Waals surface area contributed by atoms with Crippen molar-refractivity contribution >= 4 is 21.4 Å². The van der Waals surface area contributed by atoms with E-state index in [1.807, 2.05) is 19.1 Å². The Kier molecular flexibility index (Phi) is 5.83. The number of hydrogen-bond acceptors (Lipinski definition) is 6. The van der Waals surface area contributed by atoms with Gasteiger partial charge in [-0.25, -0.2) is 8.42 Å². The van der Waals surface area contributed by atoms with E-state index in [2.05, 4.69) is 0 Å². The summed E-state index contributed by atoms with van der Waals surface area (Å²) in [5, 5.41) is 1.15. The Bertz CT molecular complexity index is 1020. The zero-order valence-electron chi connectivity index (χ0n) is 16.7. The molecule has 0 saturated heterocycles. The number of benzene rings is 2. The van der Waals surface area contributed by atoms with E-state index in [9.17, 15) is 13.2 Å². The van der Waals surface area contributed by atoms with E-state index in [1.165, 1.54) is 32.3 Å². The number of aryl methyl sites for hydroxylation is 1. The summed E-state index contributed by atoms with van der Waals surface area (Å²) in [6, 6.07) is 9.83. The van der Waals surface area contributed by atoms with Gasteiger partial charge in [0.05, 0.1) is 33.1 Å². The van der Waals surface area contributed by atoms with Crippen molar-refractivity contribution < 1.29 is 27.4 Å². The van der Waals surface area contributed by atoms with Crippen molar-refractivity contribution in [3.8, 4) is 17.2 Å². The number of hydrogen-bond donors (Lipinski definition) is 0. The number of ether oxygens (including phenoxy) is 3. The molecule has 7 nitrogen and oxygen atoms in total. The number of rotatable bonds is 6. The molecule has 0 saturated carbocycles. The number of carbonyl (C=O) groups excluding carboxylic acids is 1. The zero-order valence-corrected chi connectivity index (χ0v) is 17.5. The third-order valence-electron chi connectivity index (χ3n) is 4.69. The SMILES string of the molecule is COc1cc(C(=O)N(c2ccc(C)cc2)[C@H]2C=CS(=O)(=O)C2)cc(OC)c1OC. The predicted octanol–water partition coefficient (Wildman–Crippen LogP) is 2.98. The van der Waals surface area contributed by atoms with Gasteiger partial charge in [0, 0.05) is 16.7 Å². The standard InChI is InChI=1S/C21H23NO6S/c1-14-5-7-16(8-6-14)22(17-9-10-29(24,25)13-17)21(23)15-11-18(26-2)20(28-4)19(12-15)27-3/h5-12,17H,13H2,1-4H3/t17-/m0/s1. The number of amides is 1. The largest absolute Gasteiger partial charge is 0.493 e. The first-order chi connectivity index (χ1) is 13.8. The Hall–Kier alpha value is -3.00. The van der Waals surface area contributed by atoms with Crippen LogP contribution in [-0.4, -0.2) is 47.4 Å². The molecule has 3 rings (SSSR count). The average molecular weight is 417 g/mol. The van der Waals surface area contributed by atoms with E-state index in [0.29, 0.717) is 22.9 Å². The molecule has 2 aromatic carbocycles. The molecule has 29 heavy (non-hydrogen) atoms. The van der Waals surface area contributed by atoms with Gasteiger partial charge in [0.25, 0.3) is 5.91 Å². The van der Waals surface area contributed by atoms with Crippen molar-refractivity contribution in [1.29, 1.82) is 0 Å². The maximum absolute atomic E-state index is 13.5. The fourth-order valence-electron chi connectivity index (χ4n) is 3.23. The van der Waals surface area contributed by atoms with Crippen LogP contribution in [0.1, 0.15) is 15.9 Å². The molecular weight excluding hydrogens is 394 g/mol. The van der Waals surface area contributed by atoms with Gasteiger partial charge in [-0.3, -0.25) is 4.79 Å². The van der Waals surface area contributed by atoms with Gasteiger partial charge >= 0.3 is 0 Å². The highest BCUT2D eigenvalue weighted by atomic mass is 32.2. The molecule has 154 valence electrons. The molecule has 0 N–H and O–H groups in total. The minimum absolute atomic E-state index is 0.170.